The van der Waals surface area contributed by atoms with Crippen LogP contribution in [0.15, 0.2) is 59.6 Å². The van der Waals surface area contributed by atoms with Crippen molar-refractivity contribution in [3.8, 4) is 17.1 Å². The fourth-order valence-electron chi connectivity index (χ4n) is 2.33. The van der Waals surface area contributed by atoms with Crippen molar-refractivity contribution in [2.75, 3.05) is 6.26 Å². The van der Waals surface area contributed by atoms with Gasteiger partial charge < -0.3 is 0 Å². The monoisotopic (exact) mass is 394 g/mol. The summed E-state index contributed by atoms with van der Waals surface area (Å²) >= 11 is 11.5. The summed E-state index contributed by atoms with van der Waals surface area (Å²) in [4.78, 5) is 16.0. The van der Waals surface area contributed by atoms with Crippen LogP contribution in [-0.4, -0.2) is 29.5 Å². The predicted molar refractivity (Wildman–Crippen MR) is 97.3 cm³/mol. The van der Waals surface area contributed by atoms with Crippen LogP contribution in [0.1, 0.15) is 10.5 Å². The number of carbonyl (C=O) groups excluding carboxylic acids is 1. The van der Waals surface area contributed by atoms with Crippen LogP contribution in [0.3, 0.4) is 0 Å². The van der Waals surface area contributed by atoms with Crippen LogP contribution in [0.2, 0.25) is 5.02 Å². The molecule has 2 aromatic carbocycles. The average molecular weight is 395 g/mol. The second kappa shape index (κ2) is 6.63. The molecule has 8 heteroatoms. The summed E-state index contributed by atoms with van der Waals surface area (Å²) < 4.78 is 24.9. The number of nitrogens with zero attached hydrogens (tertiary/aromatic N) is 2. The maximum absolute atomic E-state index is 11.6. The number of halogens is 2. The molecular weight excluding hydrogens is 383 g/mol. The van der Waals surface area contributed by atoms with Gasteiger partial charge in [-0.1, -0.05) is 11.6 Å². The molecule has 0 aliphatic carbocycles. The first-order valence-corrected chi connectivity index (χ1v) is 9.76. The highest BCUT2D eigenvalue weighted by Gasteiger charge is 2.16. The number of benzene rings is 2. The van der Waals surface area contributed by atoms with Crippen LogP contribution < -0.4 is 0 Å². The van der Waals surface area contributed by atoms with E-state index in [0.717, 1.165) is 11.8 Å². The zero-order valence-corrected chi connectivity index (χ0v) is 15.3. The molecule has 3 rings (SSSR count). The third-order valence-corrected chi connectivity index (χ3v) is 5.13. The summed E-state index contributed by atoms with van der Waals surface area (Å²) in [5.41, 5.74) is 1.48. The summed E-state index contributed by atoms with van der Waals surface area (Å²) in [6.07, 6.45) is 2.65. The van der Waals surface area contributed by atoms with Gasteiger partial charge in [0.2, 0.25) is 0 Å². The van der Waals surface area contributed by atoms with E-state index in [1.165, 1.54) is 18.3 Å². The summed E-state index contributed by atoms with van der Waals surface area (Å²) in [5.74, 6) is 0.493. The van der Waals surface area contributed by atoms with Crippen molar-refractivity contribution in [2.24, 2.45) is 0 Å². The van der Waals surface area contributed by atoms with Crippen molar-refractivity contribution >= 4 is 38.3 Å². The lowest BCUT2D eigenvalue weighted by Gasteiger charge is -2.09. The lowest BCUT2D eigenvalue weighted by molar-refractivity contribution is 0.107. The minimum Gasteiger partial charge on any atom is -0.299 e. The Hall–Kier alpha value is -2.15. The van der Waals surface area contributed by atoms with Crippen LogP contribution in [0.25, 0.3) is 17.1 Å². The Morgan fingerprint density at radius 1 is 1.04 bits per heavy atom. The predicted octanol–water partition coefficient (Wildman–Crippen LogP) is 3.98. The second-order valence-electron chi connectivity index (χ2n) is 5.37. The van der Waals surface area contributed by atoms with Crippen molar-refractivity contribution in [3.05, 3.63) is 65.4 Å². The summed E-state index contributed by atoms with van der Waals surface area (Å²) in [6.45, 7) is 0. The van der Waals surface area contributed by atoms with Gasteiger partial charge in [0.25, 0.3) is 5.24 Å². The van der Waals surface area contributed by atoms with Gasteiger partial charge >= 0.3 is 0 Å². The summed E-state index contributed by atoms with van der Waals surface area (Å²) in [7, 11) is -3.29. The minimum atomic E-state index is -3.29. The van der Waals surface area contributed by atoms with Crippen LogP contribution in [0.5, 0.6) is 0 Å². The summed E-state index contributed by atoms with van der Waals surface area (Å²) in [5, 5.41) is -0.102. The van der Waals surface area contributed by atoms with Gasteiger partial charge in [0.1, 0.15) is 11.5 Å². The summed E-state index contributed by atoms with van der Waals surface area (Å²) in [6, 6.07) is 13.2. The van der Waals surface area contributed by atoms with E-state index in [-0.39, 0.29) is 10.6 Å². The Labute approximate surface area is 154 Å². The zero-order valence-electron chi connectivity index (χ0n) is 13.0. The Morgan fingerprint density at radius 3 is 2.16 bits per heavy atom. The largest absolute Gasteiger partial charge is 0.299 e. The number of sulfone groups is 1. The first kappa shape index (κ1) is 17.7. The molecule has 0 atom stereocenters. The molecule has 5 nitrogen and oxygen atoms in total. The van der Waals surface area contributed by atoms with E-state index < -0.39 is 15.1 Å². The third kappa shape index (κ3) is 3.76. The molecule has 25 heavy (non-hydrogen) atoms. The fourth-order valence-corrected chi connectivity index (χ4v) is 3.18. The molecule has 0 aliphatic rings. The molecule has 0 radical (unpaired) electrons. The fraction of sp³-hybridized carbons (Fsp3) is 0.0588. The van der Waals surface area contributed by atoms with Crippen molar-refractivity contribution in [3.63, 3.8) is 0 Å². The Morgan fingerprint density at radius 2 is 1.64 bits per heavy atom. The minimum absolute atomic E-state index is 0.0961. The van der Waals surface area contributed by atoms with Crippen LogP contribution in [0.4, 0.5) is 0 Å². The van der Waals surface area contributed by atoms with Crippen molar-refractivity contribution in [1.82, 2.24) is 9.55 Å². The normalized spacial score (nSPS) is 11.5. The van der Waals surface area contributed by atoms with Gasteiger partial charge in [0.15, 0.2) is 9.84 Å². The van der Waals surface area contributed by atoms with E-state index >= 15 is 0 Å². The maximum atomic E-state index is 11.6. The Bertz CT molecular complexity index is 1040. The number of imidazole rings is 1. The molecule has 1 heterocycles. The van der Waals surface area contributed by atoms with Crippen LogP contribution in [-0.2, 0) is 9.84 Å². The molecule has 0 unspecified atom stereocenters. The molecule has 3 aromatic rings. The third-order valence-electron chi connectivity index (χ3n) is 3.55. The number of rotatable bonds is 4. The molecule has 128 valence electrons. The molecule has 0 spiro atoms. The number of hydrogen-bond acceptors (Lipinski definition) is 4. The van der Waals surface area contributed by atoms with Crippen LogP contribution in [0, 0.1) is 0 Å². The average Bonchev–Trinajstić information content (AvgIpc) is 3.00. The van der Waals surface area contributed by atoms with Crippen LogP contribution >= 0.6 is 23.2 Å². The molecule has 0 amide bonds. The Kier molecular flexibility index (Phi) is 4.69. The highest BCUT2D eigenvalue weighted by atomic mass is 35.5. The highest BCUT2D eigenvalue weighted by molar-refractivity contribution is 7.90. The quantitative estimate of drug-likeness (QED) is 0.627. The maximum Gasteiger partial charge on any atom is 0.272 e. The van der Waals surface area contributed by atoms with Crippen molar-refractivity contribution < 1.29 is 13.2 Å². The lowest BCUT2D eigenvalue weighted by Crippen LogP contribution is -1.99. The SMILES string of the molecule is CS(=O)(=O)c1ccc(-n2cc(C(=O)Cl)nc2-c2ccc(Cl)cc2)cc1. The smallest absolute Gasteiger partial charge is 0.272 e. The van der Waals surface area contributed by atoms with Crippen molar-refractivity contribution in [1.29, 1.82) is 0 Å². The van der Waals surface area contributed by atoms with Gasteiger partial charge in [-0.2, -0.15) is 0 Å². The van der Waals surface area contributed by atoms with E-state index in [0.29, 0.717) is 16.5 Å². The lowest BCUT2D eigenvalue weighted by atomic mass is 10.2. The molecule has 1 aromatic heterocycles. The highest BCUT2D eigenvalue weighted by Crippen LogP contribution is 2.26. The Balaban J connectivity index is 2.14. The van der Waals surface area contributed by atoms with Gasteiger partial charge in [-0.25, -0.2) is 13.4 Å². The van der Waals surface area contributed by atoms with Gasteiger partial charge in [-0.15, -0.1) is 0 Å². The van der Waals surface area contributed by atoms with E-state index in [2.05, 4.69) is 4.98 Å². The second-order valence-corrected chi connectivity index (χ2v) is 8.16. The van der Waals surface area contributed by atoms with Crippen molar-refractivity contribution in [2.45, 2.75) is 4.90 Å². The molecular formula is C17H12Cl2N2O3S. The van der Waals surface area contributed by atoms with E-state index in [1.54, 1.807) is 41.0 Å². The molecule has 0 bridgehead atoms. The number of carbonyl (C=O) groups is 1. The van der Waals surface area contributed by atoms with Gasteiger partial charge in [0.05, 0.1) is 4.90 Å². The molecule has 0 saturated carbocycles. The van der Waals surface area contributed by atoms with Gasteiger partial charge in [-0.3, -0.25) is 9.36 Å². The van der Waals surface area contributed by atoms with E-state index in [9.17, 15) is 13.2 Å². The van der Waals surface area contributed by atoms with Gasteiger partial charge in [0, 0.05) is 28.7 Å². The molecule has 0 N–H and O–H groups in total. The van der Waals surface area contributed by atoms with E-state index in [1.807, 2.05) is 0 Å². The topological polar surface area (TPSA) is 69.0 Å². The standard InChI is InChI=1S/C17H12Cl2N2O3S/c1-25(23,24)14-8-6-13(7-9-14)21-10-15(16(19)22)20-17(21)11-2-4-12(18)5-3-11/h2-10H,1H3. The zero-order chi connectivity index (χ0) is 18.2. The number of hydrogen-bond donors (Lipinski definition) is 0. The molecule has 0 saturated heterocycles. The first-order chi connectivity index (χ1) is 11.8. The van der Waals surface area contributed by atoms with E-state index in [4.69, 9.17) is 23.2 Å². The molecule has 0 aliphatic heterocycles. The molecule has 0 fully saturated rings. The number of aromatic nitrogens is 2. The first-order valence-electron chi connectivity index (χ1n) is 7.11. The van der Waals surface area contributed by atoms with Gasteiger partial charge in [-0.05, 0) is 60.1 Å².